The topological polar surface area (TPSA) is 80.8 Å². The lowest BCUT2D eigenvalue weighted by molar-refractivity contribution is 0.247. The van der Waals surface area contributed by atoms with Gasteiger partial charge in [-0.2, -0.15) is 4.31 Å². The van der Waals surface area contributed by atoms with Crippen LogP contribution in [0, 0.1) is 6.92 Å². The second kappa shape index (κ2) is 6.55. The number of aryl methyl sites for hydroxylation is 1. The Balaban J connectivity index is 1.99. The molecule has 8 heteroatoms. The van der Waals surface area contributed by atoms with Crippen LogP contribution < -0.4 is 4.74 Å². The van der Waals surface area contributed by atoms with Crippen LogP contribution in [0.5, 0.6) is 5.75 Å². The van der Waals surface area contributed by atoms with E-state index in [2.05, 4.69) is 0 Å². The van der Waals surface area contributed by atoms with E-state index in [0.29, 0.717) is 38.0 Å². The normalized spacial score (nSPS) is 27.4. The maximum atomic E-state index is 13.3. The summed E-state index contributed by atoms with van der Waals surface area (Å²) < 4.78 is 57.6. The van der Waals surface area contributed by atoms with Gasteiger partial charge in [-0.25, -0.2) is 16.8 Å². The third-order valence-electron chi connectivity index (χ3n) is 5.18. The molecule has 6 nitrogen and oxygen atoms in total. The van der Waals surface area contributed by atoms with Crippen LogP contribution in [0.25, 0.3) is 0 Å². The molecule has 0 aromatic heterocycles. The third-order valence-corrected chi connectivity index (χ3v) is 8.80. The van der Waals surface area contributed by atoms with E-state index in [0.717, 1.165) is 5.56 Å². The molecule has 0 N–H and O–H groups in total. The molecule has 0 spiro atoms. The minimum absolute atomic E-state index is 0.184. The summed E-state index contributed by atoms with van der Waals surface area (Å²) in [5.74, 6) is 0.359. The largest absolute Gasteiger partial charge is 0.492 e. The predicted octanol–water partition coefficient (Wildman–Crippen LogP) is 2.12. The lowest BCUT2D eigenvalue weighted by atomic mass is 10.1. The van der Waals surface area contributed by atoms with Gasteiger partial charge in [0.15, 0.2) is 0 Å². The van der Waals surface area contributed by atoms with E-state index in [4.69, 9.17) is 4.74 Å². The first-order chi connectivity index (χ1) is 11.6. The van der Waals surface area contributed by atoms with Crippen molar-refractivity contribution in [3.05, 3.63) is 23.8 Å². The van der Waals surface area contributed by atoms with E-state index in [9.17, 15) is 16.8 Å². The van der Waals surface area contributed by atoms with Crippen molar-refractivity contribution in [2.24, 2.45) is 0 Å². The van der Waals surface area contributed by atoms with Crippen molar-refractivity contribution in [1.82, 2.24) is 4.31 Å². The minimum atomic E-state index is -3.73. The molecule has 2 aliphatic heterocycles. The van der Waals surface area contributed by atoms with Gasteiger partial charge in [-0.1, -0.05) is 6.07 Å². The summed E-state index contributed by atoms with van der Waals surface area (Å²) in [6.07, 6.45) is 3.43. The number of piperidine rings is 1. The van der Waals surface area contributed by atoms with Crippen molar-refractivity contribution in [2.75, 3.05) is 12.9 Å². The average Bonchev–Trinajstić information content (AvgIpc) is 2.79. The molecule has 0 radical (unpaired) electrons. The summed E-state index contributed by atoms with van der Waals surface area (Å²) in [5, 5.41) is -0.444. The lowest BCUT2D eigenvalue weighted by Crippen LogP contribution is -2.49. The van der Waals surface area contributed by atoms with Crippen LogP contribution in [-0.4, -0.2) is 51.3 Å². The molecule has 0 aliphatic carbocycles. The molecule has 2 aliphatic rings. The SMILES string of the molecule is CCOc1ccc(C)cc1S(=O)(=O)N1C2CCC1CC(S(C)(=O)=O)C2. The summed E-state index contributed by atoms with van der Waals surface area (Å²) in [6, 6.07) is 4.66. The first-order valence-electron chi connectivity index (χ1n) is 8.60. The number of fused-ring (bicyclic) bond motifs is 2. The number of ether oxygens (including phenoxy) is 1. The zero-order chi connectivity index (χ0) is 18.4. The van der Waals surface area contributed by atoms with Crippen molar-refractivity contribution in [1.29, 1.82) is 0 Å². The second-order valence-electron chi connectivity index (χ2n) is 7.03. The van der Waals surface area contributed by atoms with Gasteiger partial charge in [0.2, 0.25) is 10.0 Å². The Morgan fingerprint density at radius 3 is 2.24 bits per heavy atom. The fraction of sp³-hybridized carbons (Fsp3) is 0.647. The van der Waals surface area contributed by atoms with E-state index >= 15 is 0 Å². The van der Waals surface area contributed by atoms with Crippen LogP contribution in [0.3, 0.4) is 0 Å². The van der Waals surface area contributed by atoms with Gasteiger partial charge in [0, 0.05) is 18.3 Å². The number of hydrogen-bond donors (Lipinski definition) is 0. The molecule has 2 saturated heterocycles. The molecule has 2 unspecified atom stereocenters. The number of sulfonamides is 1. The summed E-state index contributed by atoms with van der Waals surface area (Å²) in [4.78, 5) is 0.184. The van der Waals surface area contributed by atoms with Gasteiger partial charge in [0.25, 0.3) is 0 Å². The standard InChI is InChI=1S/C17H25NO5S2/c1-4-23-16-8-5-12(2)9-17(16)25(21,22)18-13-6-7-14(18)11-15(10-13)24(3,19)20/h5,8-9,13-15H,4,6-7,10-11H2,1-3H3. The van der Waals surface area contributed by atoms with Gasteiger partial charge < -0.3 is 4.74 Å². The first-order valence-corrected chi connectivity index (χ1v) is 12.0. The van der Waals surface area contributed by atoms with E-state index in [1.165, 1.54) is 6.26 Å². The molecule has 2 bridgehead atoms. The van der Waals surface area contributed by atoms with Gasteiger partial charge in [0.1, 0.15) is 20.5 Å². The van der Waals surface area contributed by atoms with Crippen LogP contribution in [-0.2, 0) is 19.9 Å². The van der Waals surface area contributed by atoms with Gasteiger partial charge in [-0.05, 0) is 57.2 Å². The van der Waals surface area contributed by atoms with Crippen molar-refractivity contribution in [3.63, 3.8) is 0 Å². The molecule has 140 valence electrons. The maximum absolute atomic E-state index is 13.3. The molecule has 0 amide bonds. The second-order valence-corrected chi connectivity index (χ2v) is 11.2. The number of hydrogen-bond acceptors (Lipinski definition) is 5. The van der Waals surface area contributed by atoms with Crippen LogP contribution in [0.4, 0.5) is 0 Å². The summed E-state index contributed by atoms with van der Waals surface area (Å²) in [6.45, 7) is 4.05. The van der Waals surface area contributed by atoms with E-state index in [1.807, 2.05) is 19.9 Å². The minimum Gasteiger partial charge on any atom is -0.492 e. The van der Waals surface area contributed by atoms with Crippen molar-refractivity contribution in [3.8, 4) is 5.75 Å². The molecule has 0 saturated carbocycles. The summed E-state index contributed by atoms with van der Waals surface area (Å²) in [5.41, 5.74) is 0.848. The smallest absolute Gasteiger partial charge is 0.247 e. The fourth-order valence-electron chi connectivity index (χ4n) is 4.03. The van der Waals surface area contributed by atoms with Crippen LogP contribution >= 0.6 is 0 Å². The highest BCUT2D eigenvalue weighted by atomic mass is 32.2. The summed E-state index contributed by atoms with van der Waals surface area (Å²) >= 11 is 0. The molecule has 2 fully saturated rings. The highest BCUT2D eigenvalue weighted by molar-refractivity contribution is 7.91. The lowest BCUT2D eigenvalue weighted by Gasteiger charge is -2.37. The molecule has 2 atom stereocenters. The Morgan fingerprint density at radius 2 is 1.72 bits per heavy atom. The monoisotopic (exact) mass is 387 g/mol. The van der Waals surface area contributed by atoms with Gasteiger partial charge >= 0.3 is 0 Å². The Bertz CT molecular complexity index is 849. The van der Waals surface area contributed by atoms with E-state index in [-0.39, 0.29) is 17.0 Å². The molecule has 1 aromatic carbocycles. The van der Waals surface area contributed by atoms with E-state index < -0.39 is 25.1 Å². The van der Waals surface area contributed by atoms with Crippen LogP contribution in [0.1, 0.15) is 38.2 Å². The molecule has 25 heavy (non-hydrogen) atoms. The molecule has 3 rings (SSSR count). The third kappa shape index (κ3) is 3.44. The average molecular weight is 388 g/mol. The fourth-order valence-corrected chi connectivity index (χ4v) is 7.29. The number of benzene rings is 1. The quantitative estimate of drug-likeness (QED) is 0.773. The van der Waals surface area contributed by atoms with Crippen LogP contribution in [0.15, 0.2) is 23.1 Å². The van der Waals surface area contributed by atoms with Crippen molar-refractivity contribution in [2.45, 2.75) is 61.8 Å². The zero-order valence-electron chi connectivity index (χ0n) is 14.8. The Morgan fingerprint density at radius 1 is 1.12 bits per heavy atom. The number of sulfone groups is 1. The Kier molecular flexibility index (Phi) is 4.89. The highest BCUT2D eigenvalue weighted by Gasteiger charge is 2.49. The van der Waals surface area contributed by atoms with Gasteiger partial charge in [0.05, 0.1) is 11.9 Å². The number of nitrogens with zero attached hydrogens (tertiary/aromatic N) is 1. The predicted molar refractivity (Wildman–Crippen MR) is 96.0 cm³/mol. The first kappa shape index (κ1) is 18.7. The van der Waals surface area contributed by atoms with Crippen molar-refractivity contribution < 1.29 is 21.6 Å². The number of rotatable bonds is 5. The highest BCUT2D eigenvalue weighted by Crippen LogP contribution is 2.43. The Labute approximate surface area is 150 Å². The maximum Gasteiger partial charge on any atom is 0.247 e. The zero-order valence-corrected chi connectivity index (χ0v) is 16.4. The van der Waals surface area contributed by atoms with Crippen LogP contribution in [0.2, 0.25) is 0 Å². The molecule has 2 heterocycles. The van der Waals surface area contributed by atoms with Crippen molar-refractivity contribution >= 4 is 19.9 Å². The Hall–Kier alpha value is -1.12. The van der Waals surface area contributed by atoms with Gasteiger partial charge in [-0.3, -0.25) is 0 Å². The molecular formula is C17H25NO5S2. The van der Waals surface area contributed by atoms with E-state index in [1.54, 1.807) is 16.4 Å². The molecule has 1 aromatic rings. The molecular weight excluding hydrogens is 362 g/mol. The summed E-state index contributed by atoms with van der Waals surface area (Å²) in [7, 11) is -6.88. The van der Waals surface area contributed by atoms with Gasteiger partial charge in [-0.15, -0.1) is 0 Å².